The Hall–Kier alpha value is -2.21. The zero-order valence-corrected chi connectivity index (χ0v) is 11.1. The molecule has 1 aliphatic heterocycles. The highest BCUT2D eigenvalue weighted by atomic mass is 16.1. The van der Waals surface area contributed by atoms with Gasteiger partial charge in [0.25, 0.3) is 5.91 Å². The van der Waals surface area contributed by atoms with E-state index in [1.165, 1.54) is 0 Å². The molecule has 0 bridgehead atoms. The molecule has 1 aliphatic rings. The van der Waals surface area contributed by atoms with Gasteiger partial charge in [-0.1, -0.05) is 6.07 Å². The molecule has 1 fully saturated rings. The lowest BCUT2D eigenvalue weighted by atomic mass is 10.1. The number of piperidine rings is 1. The zero-order valence-electron chi connectivity index (χ0n) is 11.1. The summed E-state index contributed by atoms with van der Waals surface area (Å²) >= 11 is 0. The number of pyridine rings is 1. The van der Waals surface area contributed by atoms with Crippen LogP contribution in [0.2, 0.25) is 0 Å². The van der Waals surface area contributed by atoms with Crippen molar-refractivity contribution in [2.75, 3.05) is 13.1 Å². The molecule has 3 heterocycles. The fourth-order valence-electron chi connectivity index (χ4n) is 2.32. The monoisotopic (exact) mass is 271 g/mol. The minimum atomic E-state index is -0.132. The van der Waals surface area contributed by atoms with Crippen molar-refractivity contribution in [1.29, 1.82) is 0 Å². The molecule has 1 atom stereocenters. The first-order valence-corrected chi connectivity index (χ1v) is 6.81. The summed E-state index contributed by atoms with van der Waals surface area (Å²) in [6.07, 6.45) is 5.58. The van der Waals surface area contributed by atoms with Crippen LogP contribution in [0.25, 0.3) is 5.82 Å². The van der Waals surface area contributed by atoms with Gasteiger partial charge in [0, 0.05) is 25.0 Å². The Morgan fingerprint density at radius 1 is 1.40 bits per heavy atom. The van der Waals surface area contributed by atoms with Gasteiger partial charge in [-0.25, -0.2) is 9.67 Å². The lowest BCUT2D eigenvalue weighted by Crippen LogP contribution is -2.45. The lowest BCUT2D eigenvalue weighted by molar-refractivity contribution is 0.0925. The van der Waals surface area contributed by atoms with Gasteiger partial charge in [-0.3, -0.25) is 4.79 Å². The van der Waals surface area contributed by atoms with Gasteiger partial charge < -0.3 is 10.6 Å². The highest BCUT2D eigenvalue weighted by Gasteiger charge is 2.17. The molecule has 1 unspecified atom stereocenters. The smallest absolute Gasteiger partial charge is 0.270 e. The van der Waals surface area contributed by atoms with Gasteiger partial charge in [0.15, 0.2) is 5.82 Å². The van der Waals surface area contributed by atoms with Crippen LogP contribution in [0.4, 0.5) is 0 Å². The fraction of sp³-hybridized carbons (Fsp3) is 0.357. The van der Waals surface area contributed by atoms with Crippen molar-refractivity contribution in [2.24, 2.45) is 0 Å². The van der Waals surface area contributed by atoms with Gasteiger partial charge >= 0.3 is 0 Å². The number of nitrogens with one attached hydrogen (secondary N) is 2. The van der Waals surface area contributed by atoms with E-state index >= 15 is 0 Å². The number of hydrogen-bond donors (Lipinski definition) is 2. The molecule has 0 saturated carbocycles. The maximum atomic E-state index is 12.2. The Morgan fingerprint density at radius 2 is 2.35 bits per heavy atom. The Morgan fingerprint density at radius 3 is 3.10 bits per heavy atom. The van der Waals surface area contributed by atoms with Crippen molar-refractivity contribution in [3.63, 3.8) is 0 Å². The molecular weight excluding hydrogens is 254 g/mol. The molecule has 0 radical (unpaired) electrons. The predicted molar refractivity (Wildman–Crippen MR) is 74.7 cm³/mol. The Labute approximate surface area is 117 Å². The highest BCUT2D eigenvalue weighted by molar-refractivity contribution is 5.92. The third-order valence-electron chi connectivity index (χ3n) is 3.34. The van der Waals surface area contributed by atoms with Crippen LogP contribution >= 0.6 is 0 Å². The second-order valence-corrected chi connectivity index (χ2v) is 4.85. The molecule has 0 aliphatic carbocycles. The van der Waals surface area contributed by atoms with Crippen molar-refractivity contribution >= 4 is 5.91 Å². The molecule has 104 valence electrons. The lowest BCUT2D eigenvalue weighted by Gasteiger charge is -2.23. The summed E-state index contributed by atoms with van der Waals surface area (Å²) in [6.45, 7) is 1.85. The van der Waals surface area contributed by atoms with Gasteiger partial charge in [0.1, 0.15) is 5.69 Å². The van der Waals surface area contributed by atoms with Crippen LogP contribution in [0.3, 0.4) is 0 Å². The van der Waals surface area contributed by atoms with E-state index in [-0.39, 0.29) is 11.9 Å². The van der Waals surface area contributed by atoms with Crippen LogP contribution in [0.5, 0.6) is 0 Å². The molecule has 1 saturated heterocycles. The maximum absolute atomic E-state index is 12.2. The summed E-state index contributed by atoms with van der Waals surface area (Å²) in [5, 5.41) is 10.4. The van der Waals surface area contributed by atoms with Crippen molar-refractivity contribution in [1.82, 2.24) is 25.4 Å². The Bertz CT molecular complexity index is 575. The number of hydrogen-bond acceptors (Lipinski definition) is 4. The second kappa shape index (κ2) is 5.83. The molecule has 3 rings (SSSR count). The second-order valence-electron chi connectivity index (χ2n) is 4.85. The number of carbonyl (C=O) groups excluding carboxylic acids is 1. The Kier molecular flexibility index (Phi) is 3.73. The average molecular weight is 271 g/mol. The van der Waals surface area contributed by atoms with E-state index in [0.29, 0.717) is 11.5 Å². The summed E-state index contributed by atoms with van der Waals surface area (Å²) in [6, 6.07) is 7.37. The van der Waals surface area contributed by atoms with E-state index in [4.69, 9.17) is 0 Å². The minimum absolute atomic E-state index is 0.132. The van der Waals surface area contributed by atoms with Gasteiger partial charge in [0.05, 0.1) is 0 Å². The summed E-state index contributed by atoms with van der Waals surface area (Å²) in [7, 11) is 0. The van der Waals surface area contributed by atoms with Crippen LogP contribution in [-0.2, 0) is 0 Å². The quantitative estimate of drug-likeness (QED) is 0.864. The van der Waals surface area contributed by atoms with Gasteiger partial charge in [-0.15, -0.1) is 0 Å². The number of amides is 1. The first-order valence-electron chi connectivity index (χ1n) is 6.81. The van der Waals surface area contributed by atoms with E-state index in [2.05, 4.69) is 20.7 Å². The van der Waals surface area contributed by atoms with Gasteiger partial charge in [-0.2, -0.15) is 5.10 Å². The van der Waals surface area contributed by atoms with Crippen LogP contribution in [0.15, 0.2) is 36.7 Å². The summed E-state index contributed by atoms with van der Waals surface area (Å²) in [5.74, 6) is 0.511. The zero-order chi connectivity index (χ0) is 13.8. The van der Waals surface area contributed by atoms with E-state index in [1.54, 1.807) is 23.1 Å². The summed E-state index contributed by atoms with van der Waals surface area (Å²) in [5.41, 5.74) is 0.420. The minimum Gasteiger partial charge on any atom is -0.347 e. The van der Waals surface area contributed by atoms with Crippen molar-refractivity contribution in [3.8, 4) is 5.82 Å². The first kappa shape index (κ1) is 12.8. The molecule has 2 aromatic rings. The van der Waals surface area contributed by atoms with Crippen LogP contribution in [0.1, 0.15) is 23.3 Å². The molecule has 0 aromatic carbocycles. The van der Waals surface area contributed by atoms with Gasteiger partial charge in [0.2, 0.25) is 0 Å². The van der Waals surface area contributed by atoms with Crippen molar-refractivity contribution in [3.05, 3.63) is 42.4 Å². The molecule has 20 heavy (non-hydrogen) atoms. The molecule has 0 spiro atoms. The van der Waals surface area contributed by atoms with E-state index < -0.39 is 0 Å². The van der Waals surface area contributed by atoms with Crippen molar-refractivity contribution in [2.45, 2.75) is 18.9 Å². The molecular formula is C14H17N5O. The molecule has 2 aromatic heterocycles. The normalized spacial score (nSPS) is 18.7. The van der Waals surface area contributed by atoms with Crippen LogP contribution < -0.4 is 10.6 Å². The highest BCUT2D eigenvalue weighted by Crippen LogP contribution is 2.06. The summed E-state index contributed by atoms with van der Waals surface area (Å²) < 4.78 is 1.64. The molecule has 1 amide bonds. The van der Waals surface area contributed by atoms with E-state index in [9.17, 15) is 4.79 Å². The topological polar surface area (TPSA) is 71.8 Å². The van der Waals surface area contributed by atoms with Crippen molar-refractivity contribution < 1.29 is 4.79 Å². The predicted octanol–water partition coefficient (Wildman–Crippen LogP) is 0.749. The largest absolute Gasteiger partial charge is 0.347 e. The SMILES string of the molecule is O=C(NC1CCCNC1)c1cccc(-n2cccn2)n1. The number of aromatic nitrogens is 3. The van der Waals surface area contributed by atoms with Gasteiger partial charge in [-0.05, 0) is 37.6 Å². The van der Waals surface area contributed by atoms with Crippen LogP contribution in [-0.4, -0.2) is 39.8 Å². The van der Waals surface area contributed by atoms with E-state index in [0.717, 1.165) is 25.9 Å². The number of rotatable bonds is 3. The molecule has 6 heteroatoms. The number of nitrogens with zero attached hydrogens (tertiary/aromatic N) is 3. The third-order valence-corrected chi connectivity index (χ3v) is 3.34. The standard InChI is InChI=1S/C14H17N5O/c20-14(17-11-4-2-7-15-10-11)12-5-1-6-13(18-12)19-9-3-8-16-19/h1,3,5-6,8-9,11,15H,2,4,7,10H2,(H,17,20). The third kappa shape index (κ3) is 2.85. The summed E-state index contributed by atoms with van der Waals surface area (Å²) in [4.78, 5) is 16.6. The first-order chi connectivity index (χ1) is 9.83. The van der Waals surface area contributed by atoms with E-state index in [1.807, 2.05) is 18.2 Å². The van der Waals surface area contributed by atoms with Crippen LogP contribution in [0, 0.1) is 0 Å². The average Bonchev–Trinajstić information content (AvgIpc) is 3.03. The molecule has 6 nitrogen and oxygen atoms in total. The fourth-order valence-corrected chi connectivity index (χ4v) is 2.32. The maximum Gasteiger partial charge on any atom is 0.270 e. The Balaban J connectivity index is 1.73. The molecule has 2 N–H and O–H groups in total. The number of carbonyl (C=O) groups is 1.